The van der Waals surface area contributed by atoms with Gasteiger partial charge in [-0.15, -0.1) is 0 Å². The fraction of sp³-hybridized carbons (Fsp3) is 1.00. The maximum atomic E-state index is 2.67. The van der Waals surface area contributed by atoms with Gasteiger partial charge in [0.2, 0.25) is 0 Å². The number of hydrogen-bond acceptors (Lipinski definition) is 0. The lowest BCUT2D eigenvalue weighted by molar-refractivity contribution is 0.112. The third kappa shape index (κ3) is 1.78. The van der Waals surface area contributed by atoms with Crippen molar-refractivity contribution in [3.05, 3.63) is 0 Å². The topological polar surface area (TPSA) is 0 Å². The second kappa shape index (κ2) is 4.25. The van der Waals surface area contributed by atoms with Crippen molar-refractivity contribution < 1.29 is 0 Å². The molecular formula is C18H30. The molecule has 102 valence electrons. The van der Waals surface area contributed by atoms with Crippen LogP contribution in [0, 0.1) is 35.0 Å². The lowest BCUT2D eigenvalue weighted by atomic mass is 9.66. The van der Waals surface area contributed by atoms with Crippen LogP contribution >= 0.6 is 0 Å². The number of rotatable bonds is 2. The molecule has 0 aromatic carbocycles. The third-order valence-corrected chi connectivity index (χ3v) is 7.56. The summed E-state index contributed by atoms with van der Waals surface area (Å²) < 4.78 is 0. The minimum atomic E-state index is 0.751. The van der Waals surface area contributed by atoms with Gasteiger partial charge < -0.3 is 0 Å². The lowest BCUT2D eigenvalue weighted by Crippen LogP contribution is -2.29. The lowest BCUT2D eigenvalue weighted by Gasteiger charge is -2.39. The quantitative estimate of drug-likeness (QED) is 0.610. The van der Waals surface area contributed by atoms with Crippen LogP contribution < -0.4 is 0 Å². The van der Waals surface area contributed by atoms with E-state index >= 15 is 0 Å². The Morgan fingerprint density at radius 3 is 2.72 bits per heavy atom. The highest BCUT2D eigenvalue weighted by Crippen LogP contribution is 2.59. The average molecular weight is 246 g/mol. The standard InChI is InChI=1S/C18H30/c1-18(10-9-14-3-2-4-17(14)18)12-16-8-6-13-5-7-15(16)11-13/h13-17H,2-12H2,1H3. The first-order chi connectivity index (χ1) is 8.74. The van der Waals surface area contributed by atoms with Gasteiger partial charge in [0, 0.05) is 0 Å². The molecule has 2 bridgehead atoms. The average Bonchev–Trinajstić information content (AvgIpc) is 3.03. The van der Waals surface area contributed by atoms with Crippen molar-refractivity contribution in [2.45, 2.75) is 77.6 Å². The van der Waals surface area contributed by atoms with Gasteiger partial charge in [-0.05, 0) is 80.0 Å². The Kier molecular flexibility index (Phi) is 2.79. The molecule has 4 aliphatic carbocycles. The van der Waals surface area contributed by atoms with E-state index in [0.717, 1.165) is 35.0 Å². The van der Waals surface area contributed by atoms with Crippen LogP contribution in [0.15, 0.2) is 0 Å². The fourth-order valence-corrected chi connectivity index (χ4v) is 6.61. The van der Waals surface area contributed by atoms with Gasteiger partial charge in [-0.25, -0.2) is 0 Å². The zero-order valence-corrected chi connectivity index (χ0v) is 12.2. The molecule has 4 saturated carbocycles. The summed E-state index contributed by atoms with van der Waals surface area (Å²) in [5.74, 6) is 5.66. The predicted molar refractivity (Wildman–Crippen MR) is 76.3 cm³/mol. The highest BCUT2D eigenvalue weighted by Gasteiger charge is 2.49. The maximum Gasteiger partial charge on any atom is -0.0292 e. The molecule has 0 saturated heterocycles. The van der Waals surface area contributed by atoms with Crippen LogP contribution in [0.1, 0.15) is 77.6 Å². The van der Waals surface area contributed by atoms with E-state index in [2.05, 4.69) is 6.92 Å². The van der Waals surface area contributed by atoms with Gasteiger partial charge in [-0.1, -0.05) is 32.6 Å². The second-order valence-corrected chi connectivity index (χ2v) is 8.47. The van der Waals surface area contributed by atoms with Gasteiger partial charge in [0.25, 0.3) is 0 Å². The number of fused-ring (bicyclic) bond motifs is 3. The van der Waals surface area contributed by atoms with E-state index in [4.69, 9.17) is 0 Å². The molecule has 0 aromatic heterocycles. The Morgan fingerprint density at radius 1 is 0.889 bits per heavy atom. The Hall–Kier alpha value is 0. The van der Waals surface area contributed by atoms with E-state index in [1.54, 1.807) is 70.6 Å². The summed E-state index contributed by atoms with van der Waals surface area (Å²) in [7, 11) is 0. The minimum Gasteiger partial charge on any atom is -0.0594 e. The normalized spacial score (nSPS) is 54.8. The van der Waals surface area contributed by atoms with E-state index in [1.807, 2.05) is 0 Å². The zero-order valence-electron chi connectivity index (χ0n) is 12.2. The summed E-state index contributed by atoms with van der Waals surface area (Å²) in [6.45, 7) is 2.67. The molecule has 0 spiro atoms. The molecule has 0 radical (unpaired) electrons. The highest BCUT2D eigenvalue weighted by atomic mass is 14.5. The van der Waals surface area contributed by atoms with E-state index in [9.17, 15) is 0 Å². The molecule has 0 aromatic rings. The molecule has 4 aliphatic rings. The van der Waals surface area contributed by atoms with Gasteiger partial charge in [0.05, 0.1) is 0 Å². The molecule has 0 aliphatic heterocycles. The SMILES string of the molecule is CC1(CC2CCC3CCC2C3)CCC2CCCC21. The predicted octanol–water partition coefficient (Wildman–Crippen LogP) is 5.42. The first kappa shape index (κ1) is 11.8. The van der Waals surface area contributed by atoms with Crippen LogP contribution in [-0.2, 0) is 0 Å². The Morgan fingerprint density at radius 2 is 1.78 bits per heavy atom. The van der Waals surface area contributed by atoms with Crippen molar-refractivity contribution in [1.82, 2.24) is 0 Å². The smallest absolute Gasteiger partial charge is 0.0292 e. The summed E-state index contributed by atoms with van der Waals surface area (Å²) >= 11 is 0. The van der Waals surface area contributed by atoms with E-state index in [-0.39, 0.29) is 0 Å². The van der Waals surface area contributed by atoms with Crippen molar-refractivity contribution in [2.24, 2.45) is 35.0 Å². The van der Waals surface area contributed by atoms with Crippen LogP contribution in [0.2, 0.25) is 0 Å². The van der Waals surface area contributed by atoms with Gasteiger partial charge in [-0.3, -0.25) is 0 Å². The van der Waals surface area contributed by atoms with E-state index in [0.29, 0.717) is 0 Å². The third-order valence-electron chi connectivity index (χ3n) is 7.56. The molecule has 0 heteroatoms. The molecule has 6 atom stereocenters. The monoisotopic (exact) mass is 246 g/mol. The molecule has 4 rings (SSSR count). The first-order valence-electron chi connectivity index (χ1n) is 8.74. The molecule has 0 nitrogen and oxygen atoms in total. The van der Waals surface area contributed by atoms with Crippen molar-refractivity contribution in [1.29, 1.82) is 0 Å². The van der Waals surface area contributed by atoms with Crippen molar-refractivity contribution in [3.8, 4) is 0 Å². The van der Waals surface area contributed by atoms with Crippen LogP contribution in [-0.4, -0.2) is 0 Å². The molecule has 0 N–H and O–H groups in total. The summed E-state index contributed by atoms with van der Waals surface area (Å²) in [5.41, 5.74) is 0.751. The summed E-state index contributed by atoms with van der Waals surface area (Å²) in [5, 5.41) is 0. The first-order valence-corrected chi connectivity index (χ1v) is 8.74. The van der Waals surface area contributed by atoms with Gasteiger partial charge in [0.15, 0.2) is 0 Å². The minimum absolute atomic E-state index is 0.751. The van der Waals surface area contributed by atoms with Crippen molar-refractivity contribution in [3.63, 3.8) is 0 Å². The molecule has 18 heavy (non-hydrogen) atoms. The second-order valence-electron chi connectivity index (χ2n) is 8.47. The molecular weight excluding hydrogens is 216 g/mol. The highest BCUT2D eigenvalue weighted by molar-refractivity contribution is 4.99. The summed E-state index contributed by atoms with van der Waals surface area (Å²) in [6.07, 6.45) is 17.3. The largest absolute Gasteiger partial charge is 0.0594 e. The Balaban J connectivity index is 1.47. The summed E-state index contributed by atoms with van der Waals surface area (Å²) in [4.78, 5) is 0. The maximum absolute atomic E-state index is 2.67. The van der Waals surface area contributed by atoms with Crippen molar-refractivity contribution >= 4 is 0 Å². The van der Waals surface area contributed by atoms with Crippen LogP contribution in [0.3, 0.4) is 0 Å². The molecule has 4 fully saturated rings. The molecule has 0 heterocycles. The van der Waals surface area contributed by atoms with E-state index < -0.39 is 0 Å². The van der Waals surface area contributed by atoms with Crippen molar-refractivity contribution in [2.75, 3.05) is 0 Å². The zero-order chi connectivity index (χ0) is 12.2. The Bertz CT molecular complexity index is 320. The van der Waals surface area contributed by atoms with E-state index in [1.165, 1.54) is 0 Å². The van der Waals surface area contributed by atoms with Crippen LogP contribution in [0.25, 0.3) is 0 Å². The Labute approximate surface area is 113 Å². The molecule has 0 amide bonds. The fourth-order valence-electron chi connectivity index (χ4n) is 6.61. The summed E-state index contributed by atoms with van der Waals surface area (Å²) in [6, 6.07) is 0. The van der Waals surface area contributed by atoms with Crippen LogP contribution in [0.5, 0.6) is 0 Å². The van der Waals surface area contributed by atoms with Gasteiger partial charge in [0.1, 0.15) is 0 Å². The van der Waals surface area contributed by atoms with Gasteiger partial charge in [-0.2, -0.15) is 0 Å². The number of hydrogen-bond donors (Lipinski definition) is 0. The van der Waals surface area contributed by atoms with Gasteiger partial charge >= 0.3 is 0 Å². The molecule has 6 unspecified atom stereocenters. The van der Waals surface area contributed by atoms with Crippen LogP contribution in [0.4, 0.5) is 0 Å².